The number of halogens is 2. The number of hydrogen-bond acceptors (Lipinski definition) is 2. The first-order chi connectivity index (χ1) is 10.6. The summed E-state index contributed by atoms with van der Waals surface area (Å²) >= 11 is 0. The Morgan fingerprint density at radius 2 is 1.86 bits per heavy atom. The van der Waals surface area contributed by atoms with Crippen LogP contribution >= 0.6 is 0 Å². The third-order valence-corrected chi connectivity index (χ3v) is 3.36. The number of benzene rings is 2. The van der Waals surface area contributed by atoms with E-state index in [4.69, 9.17) is 0 Å². The summed E-state index contributed by atoms with van der Waals surface area (Å²) in [7, 11) is 0. The van der Waals surface area contributed by atoms with E-state index < -0.39 is 17.7 Å². The molecule has 0 saturated heterocycles. The zero-order chi connectivity index (χ0) is 15.9. The quantitative estimate of drug-likeness (QED) is 0.862. The number of nitrogens with one attached hydrogen (secondary N) is 1. The second-order valence-electron chi connectivity index (χ2n) is 4.95. The molecule has 0 radical (unpaired) electrons. The number of carbonyl (C=O) groups is 1. The van der Waals surface area contributed by atoms with Crippen LogP contribution in [0.15, 0.2) is 48.5 Å². The van der Waals surface area contributed by atoms with Crippen LogP contribution in [-0.2, 0) is 11.2 Å². The Labute approximate surface area is 127 Å². The third-order valence-electron chi connectivity index (χ3n) is 3.36. The van der Waals surface area contributed by atoms with Crippen molar-refractivity contribution in [3.8, 4) is 0 Å². The molecule has 2 aromatic carbocycles. The fourth-order valence-corrected chi connectivity index (χ4v) is 2.16. The summed E-state index contributed by atoms with van der Waals surface area (Å²) in [5.41, 5.74) is 1.09. The minimum Gasteiger partial charge on any atom is -0.394 e. The molecule has 116 valence electrons. The van der Waals surface area contributed by atoms with Crippen molar-refractivity contribution in [1.82, 2.24) is 5.32 Å². The van der Waals surface area contributed by atoms with Crippen LogP contribution in [0.5, 0.6) is 0 Å². The van der Waals surface area contributed by atoms with Gasteiger partial charge < -0.3 is 10.4 Å². The second kappa shape index (κ2) is 7.66. The number of aliphatic hydroxyl groups is 1. The predicted molar refractivity (Wildman–Crippen MR) is 79.1 cm³/mol. The molecule has 22 heavy (non-hydrogen) atoms. The van der Waals surface area contributed by atoms with Crippen LogP contribution in [-0.4, -0.2) is 17.6 Å². The monoisotopic (exact) mass is 305 g/mol. The van der Waals surface area contributed by atoms with E-state index in [0.717, 1.165) is 17.7 Å². The van der Waals surface area contributed by atoms with Gasteiger partial charge in [-0.15, -0.1) is 0 Å². The van der Waals surface area contributed by atoms with E-state index >= 15 is 0 Å². The van der Waals surface area contributed by atoms with Crippen molar-refractivity contribution in [2.24, 2.45) is 0 Å². The maximum absolute atomic E-state index is 13.5. The van der Waals surface area contributed by atoms with E-state index in [0.29, 0.717) is 0 Å². The molecule has 0 aliphatic carbocycles. The Kier molecular flexibility index (Phi) is 5.61. The molecule has 0 aliphatic heterocycles. The standard InChI is InChI=1S/C17H17F2NO2/c18-14-8-6-12(15(19)10-14)7-9-17(22)20-16(11-21)13-4-2-1-3-5-13/h1-6,8,10,16,21H,7,9,11H2,(H,20,22)/t16-/m1/s1. The lowest BCUT2D eigenvalue weighted by Crippen LogP contribution is -2.30. The van der Waals surface area contributed by atoms with Gasteiger partial charge in [-0.05, 0) is 23.6 Å². The van der Waals surface area contributed by atoms with E-state index in [2.05, 4.69) is 5.32 Å². The zero-order valence-electron chi connectivity index (χ0n) is 11.9. The van der Waals surface area contributed by atoms with Crippen molar-refractivity contribution in [2.45, 2.75) is 18.9 Å². The van der Waals surface area contributed by atoms with Crippen LogP contribution in [0.25, 0.3) is 0 Å². The van der Waals surface area contributed by atoms with Gasteiger partial charge >= 0.3 is 0 Å². The molecule has 5 heteroatoms. The average molecular weight is 305 g/mol. The van der Waals surface area contributed by atoms with Crippen molar-refractivity contribution in [3.05, 3.63) is 71.3 Å². The van der Waals surface area contributed by atoms with Gasteiger partial charge in [-0.25, -0.2) is 8.78 Å². The lowest BCUT2D eigenvalue weighted by atomic mass is 10.1. The summed E-state index contributed by atoms with van der Waals surface area (Å²) in [6.45, 7) is -0.222. The van der Waals surface area contributed by atoms with E-state index in [1.165, 1.54) is 6.07 Å². The average Bonchev–Trinajstić information content (AvgIpc) is 2.52. The van der Waals surface area contributed by atoms with Gasteiger partial charge in [0, 0.05) is 12.5 Å². The summed E-state index contributed by atoms with van der Waals surface area (Å²) < 4.78 is 26.3. The molecule has 2 aromatic rings. The highest BCUT2D eigenvalue weighted by Crippen LogP contribution is 2.14. The van der Waals surface area contributed by atoms with E-state index in [-0.39, 0.29) is 30.9 Å². The normalized spacial score (nSPS) is 12.0. The topological polar surface area (TPSA) is 49.3 Å². The first kappa shape index (κ1) is 16.1. The van der Waals surface area contributed by atoms with Crippen molar-refractivity contribution < 1.29 is 18.7 Å². The molecule has 1 atom stereocenters. The summed E-state index contributed by atoms with van der Waals surface area (Å²) in [6.07, 6.45) is 0.233. The molecule has 0 bridgehead atoms. The molecule has 2 N–H and O–H groups in total. The molecule has 3 nitrogen and oxygen atoms in total. The van der Waals surface area contributed by atoms with Gasteiger partial charge in [0.15, 0.2) is 0 Å². The van der Waals surface area contributed by atoms with Crippen LogP contribution in [0.1, 0.15) is 23.6 Å². The van der Waals surface area contributed by atoms with Crippen LogP contribution in [0.4, 0.5) is 8.78 Å². The highest BCUT2D eigenvalue weighted by molar-refractivity contribution is 5.76. The largest absolute Gasteiger partial charge is 0.394 e. The van der Waals surface area contributed by atoms with Gasteiger partial charge in [0.25, 0.3) is 0 Å². The Morgan fingerprint density at radius 3 is 2.50 bits per heavy atom. The third kappa shape index (κ3) is 4.36. The Balaban J connectivity index is 1.92. The number of amides is 1. The smallest absolute Gasteiger partial charge is 0.220 e. The van der Waals surface area contributed by atoms with E-state index in [1.807, 2.05) is 18.2 Å². The molecule has 2 rings (SSSR count). The predicted octanol–water partition coefficient (Wildman–Crippen LogP) is 2.75. The minimum atomic E-state index is -0.658. The summed E-state index contributed by atoms with van der Waals surface area (Å²) in [5, 5.41) is 12.1. The number of aliphatic hydroxyl groups excluding tert-OH is 1. The number of hydrogen-bond donors (Lipinski definition) is 2. The Bertz CT molecular complexity index is 632. The highest BCUT2D eigenvalue weighted by atomic mass is 19.1. The fourth-order valence-electron chi connectivity index (χ4n) is 2.16. The Morgan fingerprint density at radius 1 is 1.14 bits per heavy atom. The SMILES string of the molecule is O=C(CCc1ccc(F)cc1F)N[C@H](CO)c1ccccc1. The first-order valence-corrected chi connectivity index (χ1v) is 6.99. The van der Waals surface area contributed by atoms with Gasteiger partial charge in [0.05, 0.1) is 12.6 Å². The summed E-state index contributed by atoms with van der Waals surface area (Å²) in [4.78, 5) is 11.9. The number of aryl methyl sites for hydroxylation is 1. The van der Waals surface area contributed by atoms with Crippen molar-refractivity contribution in [2.75, 3.05) is 6.61 Å². The van der Waals surface area contributed by atoms with Gasteiger partial charge in [-0.1, -0.05) is 36.4 Å². The minimum absolute atomic E-state index is 0.0614. The van der Waals surface area contributed by atoms with Gasteiger partial charge in [0.1, 0.15) is 11.6 Å². The molecular formula is C17H17F2NO2. The first-order valence-electron chi connectivity index (χ1n) is 6.99. The molecule has 0 fully saturated rings. The van der Waals surface area contributed by atoms with Crippen molar-refractivity contribution in [1.29, 1.82) is 0 Å². The number of carbonyl (C=O) groups excluding carboxylic acids is 1. The Hall–Kier alpha value is -2.27. The van der Waals surface area contributed by atoms with Gasteiger partial charge in [-0.3, -0.25) is 4.79 Å². The molecule has 0 unspecified atom stereocenters. The molecule has 0 aromatic heterocycles. The molecular weight excluding hydrogens is 288 g/mol. The maximum atomic E-state index is 13.5. The summed E-state index contributed by atoms with van der Waals surface area (Å²) in [6, 6.07) is 11.9. The second-order valence-corrected chi connectivity index (χ2v) is 4.95. The molecule has 0 spiro atoms. The lowest BCUT2D eigenvalue weighted by Gasteiger charge is -2.16. The maximum Gasteiger partial charge on any atom is 0.220 e. The van der Waals surface area contributed by atoms with Crippen LogP contribution in [0.3, 0.4) is 0 Å². The summed E-state index contributed by atoms with van der Waals surface area (Å²) in [5.74, 6) is -1.60. The van der Waals surface area contributed by atoms with E-state index in [9.17, 15) is 18.7 Å². The van der Waals surface area contributed by atoms with Crippen LogP contribution in [0, 0.1) is 11.6 Å². The van der Waals surface area contributed by atoms with Crippen molar-refractivity contribution in [3.63, 3.8) is 0 Å². The van der Waals surface area contributed by atoms with Crippen molar-refractivity contribution >= 4 is 5.91 Å². The highest BCUT2D eigenvalue weighted by Gasteiger charge is 2.14. The molecule has 0 heterocycles. The van der Waals surface area contributed by atoms with Crippen LogP contribution in [0.2, 0.25) is 0 Å². The van der Waals surface area contributed by atoms with Gasteiger partial charge in [0.2, 0.25) is 5.91 Å². The fraction of sp³-hybridized carbons (Fsp3) is 0.235. The van der Waals surface area contributed by atoms with E-state index in [1.54, 1.807) is 12.1 Å². The lowest BCUT2D eigenvalue weighted by molar-refractivity contribution is -0.122. The van der Waals surface area contributed by atoms with Crippen LogP contribution < -0.4 is 5.32 Å². The van der Waals surface area contributed by atoms with Gasteiger partial charge in [-0.2, -0.15) is 0 Å². The number of rotatable bonds is 6. The molecule has 0 aliphatic rings. The zero-order valence-corrected chi connectivity index (χ0v) is 11.9. The molecule has 0 saturated carbocycles. The molecule has 1 amide bonds.